The highest BCUT2D eigenvalue weighted by Gasteiger charge is 2.43. The van der Waals surface area contributed by atoms with Crippen LogP contribution in [0.5, 0.6) is 34.5 Å². The smallest absolute Gasteiger partial charge is 0.418 e. The van der Waals surface area contributed by atoms with Gasteiger partial charge in [-0.15, -0.1) is 0 Å². The number of hydrogen-bond donors (Lipinski definition) is 4. The van der Waals surface area contributed by atoms with E-state index in [4.69, 9.17) is 42.8 Å². The van der Waals surface area contributed by atoms with Crippen molar-refractivity contribution in [3.63, 3.8) is 0 Å². The summed E-state index contributed by atoms with van der Waals surface area (Å²) in [6.45, 7) is 8.39. The molecule has 4 N–H and O–H groups in total. The third kappa shape index (κ3) is 9.61. The van der Waals surface area contributed by atoms with E-state index in [1.807, 2.05) is 55.5 Å². The van der Waals surface area contributed by atoms with Crippen molar-refractivity contribution in [2.45, 2.75) is 37.0 Å². The van der Waals surface area contributed by atoms with Gasteiger partial charge in [-0.1, -0.05) is 79.4 Å². The molecule has 90 heavy (non-hydrogen) atoms. The first-order valence-electron chi connectivity index (χ1n) is 29.1. The molecule has 0 aliphatic carbocycles. The Morgan fingerprint density at radius 2 is 0.667 bits per heavy atom. The molecule has 4 aromatic heterocycles. The molecule has 4 unspecified atom stereocenters. The summed E-state index contributed by atoms with van der Waals surface area (Å²) in [4.78, 5) is 15.5. The van der Waals surface area contributed by atoms with Crippen LogP contribution in [0.15, 0.2) is 260 Å². The molecule has 5 aliphatic heterocycles. The standard InChI is InChI=1S/C70H54N4O12P4/c1-43-32-48-33-44(2)79-87(75,55-16-8-4-9-17-55)81-49-34-45-35-50(40-49)82-89(77,57-20-12-6-13-21-57)83-51-36-46-37-52(41-51)84-90(78,58-22-14-7-15-23-58)86-54-39-47(38-53(42-54)85-88(76,80-48)56-18-10-5-11-19-56)70(3)65-30-28-60(73-65)67(43)59-24-25-61(71-59)68(45)62-26-27-63(72-62)69(46)64-29-31-66(70)74-64/h4-42,67-69,71-74H,1H2,2-3H3/b44-33+,48-32+/t67-,68+,69+,70-,87?,88?,89?,90?/m0/s1. The van der Waals surface area contributed by atoms with E-state index in [9.17, 15) is 0 Å². The van der Waals surface area contributed by atoms with Crippen LogP contribution in [0.2, 0.25) is 0 Å². The Morgan fingerprint density at radius 3 is 1.06 bits per heavy atom. The van der Waals surface area contributed by atoms with Gasteiger partial charge in [0, 0.05) is 69.8 Å². The summed E-state index contributed by atoms with van der Waals surface area (Å²) in [5, 5.41) is 0.710. The van der Waals surface area contributed by atoms with Crippen molar-refractivity contribution in [2.75, 3.05) is 0 Å². The molecule has 0 radical (unpaired) electrons. The van der Waals surface area contributed by atoms with E-state index in [1.165, 1.54) is 24.3 Å². The van der Waals surface area contributed by atoms with Gasteiger partial charge in [0.1, 0.15) is 46.0 Å². The van der Waals surface area contributed by atoms with Crippen LogP contribution in [0, 0.1) is 0 Å². The van der Waals surface area contributed by atoms with Crippen molar-refractivity contribution >= 4 is 51.6 Å². The van der Waals surface area contributed by atoms with Crippen LogP contribution in [0.1, 0.15) is 93.8 Å². The predicted octanol–water partition coefficient (Wildman–Crippen LogP) is 15.9. The predicted molar refractivity (Wildman–Crippen MR) is 343 cm³/mol. The molecule has 20 heteroatoms. The van der Waals surface area contributed by atoms with E-state index >= 15 is 18.3 Å². The van der Waals surface area contributed by atoms with Gasteiger partial charge in [0.05, 0.1) is 44.4 Å². The number of nitrogens with one attached hydrogen (secondary N) is 4. The maximum absolute atomic E-state index is 16.6. The van der Waals surface area contributed by atoms with E-state index in [1.54, 1.807) is 171 Å². The molecule has 0 spiro atoms. The van der Waals surface area contributed by atoms with E-state index < -0.39 is 53.6 Å². The lowest BCUT2D eigenvalue weighted by molar-refractivity contribution is 0.333. The molecule has 11 aromatic rings. The SMILES string of the molecule is C=C1/C=C2\C=C(/C)OP(=O)(c3ccccc3)Oc3cc4cc(c3)[C@@H]3c5ccc([nH]5)[C@H]1c1ccc([nH]1)[C@]1(C)c5cc(cc(c5)OP(=O)(c5ccccc5)Oc5cc(cc(c5)[C@H](c5ccc3[nH]5)c3ccc1[nH]3)OP(=O)(c1ccccc1)O4)OP(=O)(c1ccccc1)O2. The Bertz CT molecular complexity index is 4980. The number of aromatic nitrogens is 4. The Hall–Kier alpha value is -9.80. The van der Waals surface area contributed by atoms with E-state index in [0.29, 0.717) is 67.8 Å². The first kappa shape index (κ1) is 55.5. The second-order valence-corrected chi connectivity index (χ2v) is 30.4. The molecule has 0 amide bonds. The summed E-state index contributed by atoms with van der Waals surface area (Å²) in [6, 6.07) is 65.2. The second kappa shape index (κ2) is 20.9. The average molecular weight is 1270 g/mol. The summed E-state index contributed by atoms with van der Waals surface area (Å²) >= 11 is 0. The molecule has 16 nitrogen and oxygen atoms in total. The van der Waals surface area contributed by atoms with Crippen LogP contribution in [0.4, 0.5) is 0 Å². The Morgan fingerprint density at radius 1 is 0.356 bits per heavy atom. The van der Waals surface area contributed by atoms with Crippen molar-refractivity contribution < 1.29 is 54.5 Å². The van der Waals surface area contributed by atoms with Crippen molar-refractivity contribution in [1.82, 2.24) is 19.9 Å². The van der Waals surface area contributed by atoms with Gasteiger partial charge in [-0.25, -0.2) is 18.3 Å². The highest BCUT2D eigenvalue weighted by atomic mass is 31.2. The van der Waals surface area contributed by atoms with Gasteiger partial charge in [-0.05, 0) is 176 Å². The maximum Gasteiger partial charge on any atom is 0.462 e. The molecular formula is C70H54N4O12P4. The fourth-order valence-electron chi connectivity index (χ4n) is 12.7. The number of hydrogen-bond acceptors (Lipinski definition) is 12. The minimum atomic E-state index is -4.70. The lowest BCUT2D eigenvalue weighted by atomic mass is 9.76. The van der Waals surface area contributed by atoms with Gasteiger partial charge >= 0.3 is 30.4 Å². The highest BCUT2D eigenvalue weighted by molar-refractivity contribution is 7.64. The minimum Gasteiger partial charge on any atom is -0.418 e. The normalized spacial score (nSPS) is 26.4. The molecule has 16 rings (SSSR count). The minimum absolute atomic E-state index is 0.00131. The zero-order valence-electron chi connectivity index (χ0n) is 48.1. The van der Waals surface area contributed by atoms with Crippen molar-refractivity contribution in [3.05, 3.63) is 323 Å². The van der Waals surface area contributed by atoms with Gasteiger partial charge in [-0.2, -0.15) is 0 Å². The molecule has 22 bridgehead atoms. The van der Waals surface area contributed by atoms with Crippen molar-refractivity contribution in [1.29, 1.82) is 0 Å². The van der Waals surface area contributed by atoms with Crippen molar-refractivity contribution in [3.8, 4) is 34.5 Å². The first-order chi connectivity index (χ1) is 43.5. The maximum atomic E-state index is 16.6. The Kier molecular flexibility index (Phi) is 12.9. The Balaban J connectivity index is 1.09. The molecule has 5 aliphatic rings. The summed E-state index contributed by atoms with van der Waals surface area (Å²) in [5.74, 6) is -2.23. The highest BCUT2D eigenvalue weighted by Crippen LogP contribution is 2.59. The topological polar surface area (TPSA) is 205 Å². The molecule has 7 aromatic carbocycles. The number of rotatable bonds is 4. The Labute approximate surface area is 517 Å². The van der Waals surface area contributed by atoms with Crippen LogP contribution < -0.4 is 48.4 Å². The monoisotopic (exact) mass is 1270 g/mol. The number of aromatic amines is 4. The first-order valence-corrected chi connectivity index (χ1v) is 35.2. The molecule has 0 saturated heterocycles. The lowest BCUT2D eigenvalue weighted by Crippen LogP contribution is -2.27. The van der Waals surface area contributed by atoms with Gasteiger partial charge in [-0.3, -0.25) is 0 Å². The van der Waals surface area contributed by atoms with Gasteiger partial charge < -0.3 is 56.1 Å². The quantitative estimate of drug-likeness (QED) is 0.122. The third-order valence-corrected chi connectivity index (χ3v) is 24.3. The van der Waals surface area contributed by atoms with Crippen LogP contribution in [-0.4, -0.2) is 19.9 Å². The third-order valence-electron chi connectivity index (χ3n) is 16.9. The fraction of sp³-hybridized carbons (Fsp3) is 0.0857. The van der Waals surface area contributed by atoms with Crippen molar-refractivity contribution in [2.24, 2.45) is 0 Å². The average Bonchev–Trinajstić information content (AvgIpc) is 1.51. The number of benzene rings is 7. The summed E-state index contributed by atoms with van der Waals surface area (Å²) in [6.07, 6.45) is 3.12. The van der Waals surface area contributed by atoms with Crippen LogP contribution in [0.3, 0.4) is 0 Å². The number of H-pyrrole nitrogens is 4. The summed E-state index contributed by atoms with van der Waals surface area (Å²) in [7, 11) is -18.6. The van der Waals surface area contributed by atoms with Crippen LogP contribution in [-0.2, 0) is 32.7 Å². The second-order valence-electron chi connectivity index (χ2n) is 22.9. The summed E-state index contributed by atoms with van der Waals surface area (Å²) < 4.78 is 121. The summed E-state index contributed by atoms with van der Waals surface area (Å²) in [5.41, 5.74) is 6.45. The van der Waals surface area contributed by atoms with Gasteiger partial charge in [0.15, 0.2) is 0 Å². The van der Waals surface area contributed by atoms with Gasteiger partial charge in [0.25, 0.3) is 0 Å². The largest absolute Gasteiger partial charge is 0.462 e. The van der Waals surface area contributed by atoms with Crippen LogP contribution in [0.25, 0.3) is 0 Å². The fourth-order valence-corrected chi connectivity index (χ4v) is 19.0. The van der Waals surface area contributed by atoms with E-state index in [2.05, 4.69) is 19.9 Å². The van der Waals surface area contributed by atoms with Crippen LogP contribution >= 0.6 is 30.4 Å². The number of fused-ring (bicyclic) bond motifs is 7. The zero-order chi connectivity index (χ0) is 61.2. The number of allylic oxidation sites excluding steroid dienone is 4. The molecule has 8 atom stereocenters. The van der Waals surface area contributed by atoms with E-state index in [0.717, 1.165) is 0 Å². The van der Waals surface area contributed by atoms with Gasteiger partial charge in [0.2, 0.25) is 0 Å². The van der Waals surface area contributed by atoms with E-state index in [-0.39, 0.29) is 67.2 Å². The molecule has 9 heterocycles. The zero-order valence-corrected chi connectivity index (χ0v) is 51.7. The molecule has 0 saturated carbocycles. The molecule has 446 valence electrons. The lowest BCUT2D eigenvalue weighted by Gasteiger charge is -2.32. The molecular weight excluding hydrogens is 1210 g/mol. The molecule has 0 fully saturated rings.